The number of para-hydroxylation sites is 1. The van der Waals surface area contributed by atoms with Gasteiger partial charge in [-0.2, -0.15) is 0 Å². The Morgan fingerprint density at radius 2 is 1.60 bits per heavy atom. The van der Waals surface area contributed by atoms with Crippen molar-refractivity contribution in [1.29, 1.82) is 0 Å². The lowest BCUT2D eigenvalue weighted by atomic mass is 9.99. The second-order valence-corrected chi connectivity index (χ2v) is 10.4. The third-order valence-electron chi connectivity index (χ3n) is 6.33. The average Bonchev–Trinajstić information content (AvgIpc) is 3.34. The van der Waals surface area contributed by atoms with Gasteiger partial charge in [-0.3, -0.25) is 9.59 Å². The number of carbonyl (C=O) groups excluding carboxylic acids is 2. The lowest BCUT2D eigenvalue weighted by Crippen LogP contribution is -2.49. The molecular weight excluding hydrogens is 510 g/mol. The van der Waals surface area contributed by atoms with Crippen LogP contribution in [0.25, 0.3) is 11.0 Å². The first kappa shape index (κ1) is 28.4. The highest BCUT2D eigenvalue weighted by Gasteiger charge is 2.36. The molecule has 3 aromatic carbocycles. The maximum atomic E-state index is 14.2. The summed E-state index contributed by atoms with van der Waals surface area (Å²) in [6, 6.07) is 18.9. The molecule has 0 bridgehead atoms. The number of amides is 2. The van der Waals surface area contributed by atoms with Crippen LogP contribution >= 0.6 is 0 Å². The van der Waals surface area contributed by atoms with Crippen LogP contribution in [0.3, 0.4) is 0 Å². The first-order chi connectivity index (χ1) is 19.1. The number of rotatable bonds is 10. The fourth-order valence-corrected chi connectivity index (χ4v) is 4.45. The Morgan fingerprint density at radius 3 is 2.25 bits per heavy atom. The van der Waals surface area contributed by atoms with Gasteiger partial charge in [0.15, 0.2) is 0 Å². The van der Waals surface area contributed by atoms with Crippen molar-refractivity contribution in [3.8, 4) is 17.2 Å². The fourth-order valence-electron chi connectivity index (χ4n) is 4.45. The van der Waals surface area contributed by atoms with Crippen LogP contribution in [0.1, 0.15) is 37.9 Å². The van der Waals surface area contributed by atoms with Crippen LogP contribution in [-0.4, -0.2) is 58.6 Å². The molecule has 2 amide bonds. The Bertz CT molecular complexity index is 1480. The molecule has 1 N–H and O–H groups in total. The fraction of sp³-hybridized carbons (Fsp3) is 0.333. The van der Waals surface area contributed by atoms with E-state index in [1.165, 1.54) is 12.0 Å². The number of hydrogen-bond acceptors (Lipinski definition) is 7. The summed E-state index contributed by atoms with van der Waals surface area (Å²) in [4.78, 5) is 29.7. The van der Waals surface area contributed by atoms with Crippen molar-refractivity contribution in [2.75, 3.05) is 21.3 Å². The van der Waals surface area contributed by atoms with E-state index in [4.69, 9.17) is 14.2 Å². The van der Waals surface area contributed by atoms with Gasteiger partial charge < -0.3 is 24.4 Å². The number of benzene rings is 3. The second-order valence-electron chi connectivity index (χ2n) is 10.4. The molecule has 210 valence electrons. The van der Waals surface area contributed by atoms with Gasteiger partial charge in [0.2, 0.25) is 11.8 Å². The summed E-state index contributed by atoms with van der Waals surface area (Å²) >= 11 is 0. The molecule has 0 aliphatic rings. The van der Waals surface area contributed by atoms with Crippen molar-refractivity contribution in [1.82, 2.24) is 25.2 Å². The molecular formula is C30H35N5O5. The largest absolute Gasteiger partial charge is 0.497 e. The van der Waals surface area contributed by atoms with E-state index in [1.54, 1.807) is 37.1 Å². The van der Waals surface area contributed by atoms with Gasteiger partial charge in [-0.1, -0.05) is 29.5 Å². The van der Waals surface area contributed by atoms with Gasteiger partial charge in [-0.15, -0.1) is 5.10 Å². The third kappa shape index (κ3) is 6.51. The number of fused-ring (bicyclic) bond motifs is 1. The highest BCUT2D eigenvalue weighted by molar-refractivity contribution is 5.90. The summed E-state index contributed by atoms with van der Waals surface area (Å²) < 4.78 is 18.0. The Kier molecular flexibility index (Phi) is 8.57. The summed E-state index contributed by atoms with van der Waals surface area (Å²) in [6.45, 7) is 5.69. The van der Waals surface area contributed by atoms with E-state index in [9.17, 15) is 9.59 Å². The van der Waals surface area contributed by atoms with Gasteiger partial charge in [0.25, 0.3) is 0 Å². The summed E-state index contributed by atoms with van der Waals surface area (Å²) in [5, 5.41) is 11.4. The quantitative estimate of drug-likeness (QED) is 0.319. The molecule has 0 saturated heterocycles. The molecule has 0 fully saturated rings. The molecule has 0 saturated carbocycles. The van der Waals surface area contributed by atoms with Crippen LogP contribution in [0.2, 0.25) is 0 Å². The maximum absolute atomic E-state index is 14.2. The Morgan fingerprint density at radius 1 is 0.925 bits per heavy atom. The Hall–Kier alpha value is -4.60. The molecule has 4 rings (SSSR count). The number of nitrogens with zero attached hydrogens (tertiary/aromatic N) is 4. The predicted molar refractivity (Wildman–Crippen MR) is 151 cm³/mol. The minimum Gasteiger partial charge on any atom is -0.497 e. The van der Waals surface area contributed by atoms with E-state index in [0.717, 1.165) is 11.1 Å². The molecule has 0 aliphatic carbocycles. The number of nitrogens with one attached hydrogen (secondary N) is 1. The molecule has 1 unspecified atom stereocenters. The van der Waals surface area contributed by atoms with Crippen molar-refractivity contribution in [2.24, 2.45) is 0 Å². The molecule has 4 aromatic rings. The van der Waals surface area contributed by atoms with Crippen LogP contribution in [0, 0.1) is 0 Å². The topological polar surface area (TPSA) is 108 Å². The average molecular weight is 546 g/mol. The van der Waals surface area contributed by atoms with E-state index in [0.29, 0.717) is 28.3 Å². The second kappa shape index (κ2) is 12.1. The van der Waals surface area contributed by atoms with Gasteiger partial charge in [-0.05, 0) is 68.8 Å². The standard InChI is InChI=1S/C30H35N5O5/c1-30(2,3)31-29(37)28(23-17-22(39-5)15-16-26(23)40-6)34(18-20-11-13-21(38-4)14-12-20)27(36)19-35-25-10-8-7-9-24(25)32-33-35/h7-17,28H,18-19H2,1-6H3,(H,31,37). The van der Waals surface area contributed by atoms with E-state index < -0.39 is 11.6 Å². The molecule has 10 heteroatoms. The molecule has 0 radical (unpaired) electrons. The number of aromatic nitrogens is 3. The molecule has 1 atom stereocenters. The molecule has 1 aromatic heterocycles. The van der Waals surface area contributed by atoms with Crippen LogP contribution < -0.4 is 19.5 Å². The molecule has 40 heavy (non-hydrogen) atoms. The van der Waals surface area contributed by atoms with E-state index >= 15 is 0 Å². The minimum absolute atomic E-state index is 0.123. The zero-order valence-corrected chi connectivity index (χ0v) is 23.7. The predicted octanol–water partition coefficient (Wildman–Crippen LogP) is 4.14. The third-order valence-corrected chi connectivity index (χ3v) is 6.33. The van der Waals surface area contributed by atoms with Crippen molar-refractivity contribution in [3.05, 3.63) is 77.9 Å². The first-order valence-corrected chi connectivity index (χ1v) is 12.9. The number of methoxy groups -OCH3 is 3. The van der Waals surface area contributed by atoms with Gasteiger partial charge in [0.05, 0.1) is 26.8 Å². The Labute approximate surface area is 233 Å². The van der Waals surface area contributed by atoms with E-state index in [-0.39, 0.29) is 24.9 Å². The number of carbonyl (C=O) groups is 2. The lowest BCUT2D eigenvalue weighted by molar-refractivity contribution is -0.142. The zero-order valence-electron chi connectivity index (χ0n) is 23.7. The van der Waals surface area contributed by atoms with Crippen LogP contribution in [0.15, 0.2) is 66.7 Å². The zero-order chi connectivity index (χ0) is 28.9. The minimum atomic E-state index is -1.05. The van der Waals surface area contributed by atoms with Gasteiger partial charge in [-0.25, -0.2) is 4.68 Å². The maximum Gasteiger partial charge on any atom is 0.248 e. The normalized spacial score (nSPS) is 12.1. The van der Waals surface area contributed by atoms with E-state index in [2.05, 4.69) is 15.6 Å². The van der Waals surface area contributed by atoms with Crippen molar-refractivity contribution in [2.45, 2.75) is 45.4 Å². The Balaban J connectivity index is 1.84. The van der Waals surface area contributed by atoms with Gasteiger partial charge in [0.1, 0.15) is 35.4 Å². The highest BCUT2D eigenvalue weighted by atomic mass is 16.5. The lowest BCUT2D eigenvalue weighted by Gasteiger charge is -2.34. The summed E-state index contributed by atoms with van der Waals surface area (Å²) in [5.74, 6) is 0.985. The molecule has 10 nitrogen and oxygen atoms in total. The van der Waals surface area contributed by atoms with Crippen LogP contribution in [0.4, 0.5) is 0 Å². The molecule has 0 spiro atoms. The van der Waals surface area contributed by atoms with Crippen LogP contribution in [0.5, 0.6) is 17.2 Å². The van der Waals surface area contributed by atoms with Crippen molar-refractivity contribution in [3.63, 3.8) is 0 Å². The van der Waals surface area contributed by atoms with Gasteiger partial charge >= 0.3 is 0 Å². The number of hydrogen-bond donors (Lipinski definition) is 1. The summed E-state index contributed by atoms with van der Waals surface area (Å²) in [6.07, 6.45) is 0. The summed E-state index contributed by atoms with van der Waals surface area (Å²) in [7, 11) is 4.67. The van der Waals surface area contributed by atoms with Crippen molar-refractivity contribution < 1.29 is 23.8 Å². The van der Waals surface area contributed by atoms with Crippen LogP contribution in [-0.2, 0) is 22.7 Å². The number of ether oxygens (including phenoxy) is 3. The smallest absolute Gasteiger partial charge is 0.248 e. The molecule has 0 aliphatic heterocycles. The molecule has 1 heterocycles. The van der Waals surface area contributed by atoms with Gasteiger partial charge in [0, 0.05) is 17.6 Å². The SMILES string of the molecule is COc1ccc(CN(C(=O)Cn2nnc3ccccc32)C(C(=O)NC(C)(C)C)c2cc(OC)ccc2OC)cc1. The summed E-state index contributed by atoms with van der Waals surface area (Å²) in [5.41, 5.74) is 2.14. The van der Waals surface area contributed by atoms with E-state index in [1.807, 2.05) is 69.3 Å². The highest BCUT2D eigenvalue weighted by Crippen LogP contribution is 2.35. The first-order valence-electron chi connectivity index (χ1n) is 12.9. The monoisotopic (exact) mass is 545 g/mol. The van der Waals surface area contributed by atoms with Crippen molar-refractivity contribution >= 4 is 22.8 Å².